The second kappa shape index (κ2) is 5.01. The highest BCUT2D eigenvalue weighted by molar-refractivity contribution is 5.40. The number of hydrogen-bond acceptors (Lipinski definition) is 2. The molecule has 0 spiro atoms. The first-order valence-electron chi connectivity index (χ1n) is 4.95. The molecule has 1 rings (SSSR count). The zero-order chi connectivity index (χ0) is 10.6. The molecule has 0 radical (unpaired) electrons. The Morgan fingerprint density at radius 2 is 2.14 bits per heavy atom. The van der Waals surface area contributed by atoms with Crippen LogP contribution in [0.5, 0.6) is 5.75 Å². The number of aliphatic hydroxyl groups is 1. The number of methoxy groups -OCH3 is 1. The van der Waals surface area contributed by atoms with E-state index in [9.17, 15) is 5.11 Å². The van der Waals surface area contributed by atoms with Crippen LogP contribution in [0.25, 0.3) is 0 Å². The van der Waals surface area contributed by atoms with Crippen molar-refractivity contribution in [2.45, 2.75) is 32.8 Å². The van der Waals surface area contributed by atoms with Gasteiger partial charge in [0.05, 0.1) is 13.2 Å². The van der Waals surface area contributed by atoms with Gasteiger partial charge in [0.25, 0.3) is 0 Å². The van der Waals surface area contributed by atoms with Crippen molar-refractivity contribution in [2.24, 2.45) is 0 Å². The summed E-state index contributed by atoms with van der Waals surface area (Å²) in [6, 6.07) is 6.11. The molecule has 1 aromatic rings. The molecule has 1 atom stereocenters. The van der Waals surface area contributed by atoms with Crippen LogP contribution in [0.3, 0.4) is 0 Å². The topological polar surface area (TPSA) is 29.5 Å². The molecule has 0 aliphatic rings. The van der Waals surface area contributed by atoms with Crippen LogP contribution < -0.4 is 4.74 Å². The summed E-state index contributed by atoms with van der Waals surface area (Å²) in [5.41, 5.74) is 2.32. The van der Waals surface area contributed by atoms with E-state index in [4.69, 9.17) is 4.74 Å². The van der Waals surface area contributed by atoms with E-state index in [0.29, 0.717) is 0 Å². The summed E-state index contributed by atoms with van der Waals surface area (Å²) in [6.45, 7) is 3.84. The minimum Gasteiger partial charge on any atom is -0.496 e. The van der Waals surface area contributed by atoms with Crippen molar-refractivity contribution in [2.75, 3.05) is 7.11 Å². The lowest BCUT2D eigenvalue weighted by atomic mass is 10.0. The summed E-state index contributed by atoms with van der Waals surface area (Å²) in [7, 11) is 1.69. The summed E-state index contributed by atoms with van der Waals surface area (Å²) in [5, 5.41) is 9.21. The molecule has 0 unspecified atom stereocenters. The van der Waals surface area contributed by atoms with Crippen LogP contribution >= 0.6 is 0 Å². The first-order chi connectivity index (χ1) is 6.65. The molecule has 2 nitrogen and oxygen atoms in total. The number of aliphatic hydroxyl groups excluding tert-OH is 1. The molecule has 0 aliphatic heterocycles. The van der Waals surface area contributed by atoms with E-state index in [-0.39, 0.29) is 6.10 Å². The molecule has 0 amide bonds. The van der Waals surface area contributed by atoms with Crippen molar-refractivity contribution in [1.29, 1.82) is 0 Å². The quantitative estimate of drug-likeness (QED) is 0.797. The average Bonchev–Trinajstić information content (AvgIpc) is 2.14. The second-order valence-corrected chi connectivity index (χ2v) is 3.65. The predicted octanol–water partition coefficient (Wildman–Crippen LogP) is 2.32. The maximum atomic E-state index is 9.21. The monoisotopic (exact) mass is 194 g/mol. The van der Waals surface area contributed by atoms with Gasteiger partial charge in [0.15, 0.2) is 0 Å². The van der Waals surface area contributed by atoms with E-state index >= 15 is 0 Å². The largest absolute Gasteiger partial charge is 0.496 e. The van der Waals surface area contributed by atoms with Gasteiger partial charge in [-0.15, -0.1) is 0 Å². The molecule has 0 aliphatic carbocycles. The normalized spacial score (nSPS) is 12.6. The molecule has 1 aromatic carbocycles. The number of benzene rings is 1. The van der Waals surface area contributed by atoms with Crippen molar-refractivity contribution in [3.63, 3.8) is 0 Å². The van der Waals surface area contributed by atoms with Crippen LogP contribution in [0.4, 0.5) is 0 Å². The Bertz CT molecular complexity index is 292. The number of para-hydroxylation sites is 1. The van der Waals surface area contributed by atoms with Crippen LogP contribution in [-0.4, -0.2) is 18.3 Å². The highest BCUT2D eigenvalue weighted by Gasteiger charge is 2.06. The van der Waals surface area contributed by atoms with Gasteiger partial charge in [-0.3, -0.25) is 0 Å². The number of rotatable bonds is 4. The third-order valence-electron chi connectivity index (χ3n) is 2.33. The average molecular weight is 194 g/mol. The van der Waals surface area contributed by atoms with Crippen LogP contribution in [0, 0.1) is 6.92 Å². The molecule has 14 heavy (non-hydrogen) atoms. The molecule has 2 heteroatoms. The van der Waals surface area contributed by atoms with Gasteiger partial charge < -0.3 is 9.84 Å². The lowest BCUT2D eigenvalue weighted by Gasteiger charge is -2.11. The number of aryl methyl sites for hydroxylation is 2. The zero-order valence-electron chi connectivity index (χ0n) is 9.08. The molecule has 0 saturated carbocycles. The lowest BCUT2D eigenvalue weighted by Crippen LogP contribution is -2.03. The Kier molecular flexibility index (Phi) is 3.96. The molecule has 0 fully saturated rings. The fraction of sp³-hybridized carbons (Fsp3) is 0.500. The van der Waals surface area contributed by atoms with Crippen molar-refractivity contribution in [3.8, 4) is 5.75 Å². The van der Waals surface area contributed by atoms with Gasteiger partial charge in [-0.2, -0.15) is 0 Å². The van der Waals surface area contributed by atoms with E-state index in [1.54, 1.807) is 7.11 Å². The molecular formula is C12H18O2. The number of hydrogen-bond donors (Lipinski definition) is 1. The lowest BCUT2D eigenvalue weighted by molar-refractivity contribution is 0.184. The van der Waals surface area contributed by atoms with Crippen molar-refractivity contribution < 1.29 is 9.84 Å². The molecule has 0 saturated heterocycles. The first kappa shape index (κ1) is 11.1. The van der Waals surface area contributed by atoms with E-state index in [2.05, 4.69) is 0 Å². The van der Waals surface area contributed by atoms with E-state index < -0.39 is 0 Å². The fourth-order valence-corrected chi connectivity index (χ4v) is 1.57. The SMILES string of the molecule is COc1c(C)cccc1CC[C@@H](C)O. The Hall–Kier alpha value is -1.02. The number of ether oxygens (including phenoxy) is 1. The molecule has 0 aromatic heterocycles. The Morgan fingerprint density at radius 3 is 2.71 bits per heavy atom. The molecule has 0 heterocycles. The third-order valence-corrected chi connectivity index (χ3v) is 2.33. The van der Waals surface area contributed by atoms with E-state index in [1.807, 2.05) is 32.0 Å². The van der Waals surface area contributed by atoms with Crippen molar-refractivity contribution in [3.05, 3.63) is 29.3 Å². The summed E-state index contributed by atoms with van der Waals surface area (Å²) < 4.78 is 5.33. The van der Waals surface area contributed by atoms with Crippen molar-refractivity contribution >= 4 is 0 Å². The maximum absolute atomic E-state index is 9.21. The van der Waals surface area contributed by atoms with E-state index in [1.165, 1.54) is 5.56 Å². The minimum absolute atomic E-state index is 0.250. The van der Waals surface area contributed by atoms with Gasteiger partial charge in [0, 0.05) is 0 Å². The maximum Gasteiger partial charge on any atom is 0.124 e. The summed E-state index contributed by atoms with van der Waals surface area (Å²) in [5.74, 6) is 0.952. The summed E-state index contributed by atoms with van der Waals surface area (Å²) >= 11 is 0. The Morgan fingerprint density at radius 1 is 1.43 bits per heavy atom. The van der Waals surface area contributed by atoms with Gasteiger partial charge >= 0.3 is 0 Å². The molecule has 78 valence electrons. The smallest absolute Gasteiger partial charge is 0.124 e. The van der Waals surface area contributed by atoms with Gasteiger partial charge in [-0.1, -0.05) is 18.2 Å². The Balaban J connectivity index is 2.80. The van der Waals surface area contributed by atoms with Gasteiger partial charge in [-0.25, -0.2) is 0 Å². The highest BCUT2D eigenvalue weighted by atomic mass is 16.5. The van der Waals surface area contributed by atoms with Gasteiger partial charge in [0.1, 0.15) is 5.75 Å². The van der Waals surface area contributed by atoms with Crippen LogP contribution in [0.1, 0.15) is 24.5 Å². The first-order valence-corrected chi connectivity index (χ1v) is 4.95. The van der Waals surface area contributed by atoms with Gasteiger partial charge in [-0.05, 0) is 37.8 Å². The predicted molar refractivity (Wildman–Crippen MR) is 57.7 cm³/mol. The standard InChI is InChI=1S/C12H18O2/c1-9-5-4-6-11(12(9)14-3)8-7-10(2)13/h4-6,10,13H,7-8H2,1-3H3/t10-/m1/s1. The van der Waals surface area contributed by atoms with Crippen LogP contribution in [-0.2, 0) is 6.42 Å². The second-order valence-electron chi connectivity index (χ2n) is 3.65. The fourth-order valence-electron chi connectivity index (χ4n) is 1.57. The summed E-state index contributed by atoms with van der Waals surface area (Å²) in [4.78, 5) is 0. The Labute approximate surface area is 85.5 Å². The molecule has 1 N–H and O–H groups in total. The molecule has 0 bridgehead atoms. The summed E-state index contributed by atoms with van der Waals surface area (Å²) in [6.07, 6.45) is 1.39. The zero-order valence-corrected chi connectivity index (χ0v) is 9.08. The van der Waals surface area contributed by atoms with Gasteiger partial charge in [0.2, 0.25) is 0 Å². The minimum atomic E-state index is -0.250. The highest BCUT2D eigenvalue weighted by Crippen LogP contribution is 2.24. The molecular weight excluding hydrogens is 176 g/mol. The van der Waals surface area contributed by atoms with Crippen LogP contribution in [0.15, 0.2) is 18.2 Å². The third kappa shape index (κ3) is 2.74. The van der Waals surface area contributed by atoms with Crippen LogP contribution in [0.2, 0.25) is 0 Å². The van der Waals surface area contributed by atoms with Crippen molar-refractivity contribution in [1.82, 2.24) is 0 Å². The van der Waals surface area contributed by atoms with E-state index in [0.717, 1.165) is 24.2 Å².